The zero-order chi connectivity index (χ0) is 29.6. The average Bonchev–Trinajstić information content (AvgIpc) is 3.62. The van der Waals surface area contributed by atoms with E-state index in [0.717, 1.165) is 0 Å². The van der Waals surface area contributed by atoms with Crippen LogP contribution in [0.1, 0.15) is 37.0 Å². The molecule has 41 heavy (non-hydrogen) atoms. The number of nitrogens with zero attached hydrogens (tertiary/aromatic N) is 2. The quantitative estimate of drug-likeness (QED) is 0.123. The highest BCUT2D eigenvalue weighted by atomic mass is 32.2. The van der Waals surface area contributed by atoms with Crippen LogP contribution in [0.2, 0.25) is 0 Å². The molecule has 0 radical (unpaired) electrons. The number of nitrogens with two attached hydrogens (primary N) is 1. The maximum atomic E-state index is 13.3. The van der Waals surface area contributed by atoms with Gasteiger partial charge in [0.2, 0.25) is 11.8 Å². The Labute approximate surface area is 241 Å². The molecule has 3 fully saturated rings. The van der Waals surface area contributed by atoms with Crippen LogP contribution in [-0.2, 0) is 14.4 Å². The first kappa shape index (κ1) is 28.9. The van der Waals surface area contributed by atoms with Gasteiger partial charge in [-0.15, -0.1) is 11.8 Å². The molecule has 13 nitrogen and oxygen atoms in total. The van der Waals surface area contributed by atoms with Crippen molar-refractivity contribution in [1.82, 2.24) is 20.4 Å². The van der Waals surface area contributed by atoms with Crippen molar-refractivity contribution >= 4 is 47.1 Å². The highest BCUT2D eigenvalue weighted by Gasteiger charge is 2.60. The molecule has 1 aromatic rings. The highest BCUT2D eigenvalue weighted by molar-refractivity contribution is 8.03. The van der Waals surface area contributed by atoms with E-state index >= 15 is 0 Å². The summed E-state index contributed by atoms with van der Waals surface area (Å²) in [5.41, 5.74) is 6.38. The van der Waals surface area contributed by atoms with Crippen LogP contribution in [0.15, 0.2) is 34.9 Å². The summed E-state index contributed by atoms with van der Waals surface area (Å²) in [6.07, 6.45) is 0.290. The maximum Gasteiger partial charge on any atom is 0.353 e. The van der Waals surface area contributed by atoms with Gasteiger partial charge in [0.25, 0.3) is 5.91 Å². The number of amides is 3. The zero-order valence-corrected chi connectivity index (χ0v) is 23.6. The third kappa shape index (κ3) is 5.51. The van der Waals surface area contributed by atoms with Crippen molar-refractivity contribution in [3.63, 3.8) is 0 Å². The monoisotopic (exact) mass is 585 g/mol. The lowest BCUT2D eigenvalue weighted by molar-refractivity contribution is -0.163. The van der Waals surface area contributed by atoms with Gasteiger partial charge in [0, 0.05) is 53.0 Å². The summed E-state index contributed by atoms with van der Waals surface area (Å²) in [7, 11) is 0. The number of benzene rings is 1. The summed E-state index contributed by atoms with van der Waals surface area (Å²) in [6, 6.07) is 5.63. The number of carboxylic acids is 1. The number of aliphatic carboxylic acids is 1. The Bertz CT molecular complexity index is 1300. The number of thioether (sulfide) groups is 1. The van der Waals surface area contributed by atoms with Gasteiger partial charge in [0.15, 0.2) is 5.96 Å². The van der Waals surface area contributed by atoms with E-state index in [0.29, 0.717) is 48.6 Å². The topological polar surface area (TPSA) is 201 Å². The molecule has 0 aromatic heterocycles. The van der Waals surface area contributed by atoms with Gasteiger partial charge in [-0.05, 0) is 44.0 Å². The van der Waals surface area contributed by atoms with Gasteiger partial charge in [-0.2, -0.15) is 0 Å². The number of β-lactam (4-membered cyclic amide) rings is 1. The number of rotatable bonds is 8. The minimum absolute atomic E-state index is 0.00735. The normalized spacial score (nSPS) is 29.7. The van der Waals surface area contributed by atoms with Gasteiger partial charge in [-0.1, -0.05) is 6.92 Å². The van der Waals surface area contributed by atoms with Crippen molar-refractivity contribution in [3.8, 4) is 0 Å². The number of anilines is 1. The second-order valence-corrected chi connectivity index (χ2v) is 12.4. The van der Waals surface area contributed by atoms with Crippen molar-refractivity contribution < 1.29 is 29.4 Å². The highest BCUT2D eigenvalue weighted by Crippen LogP contribution is 2.51. The molecule has 3 saturated heterocycles. The second-order valence-electron chi connectivity index (χ2n) is 11.1. The average molecular weight is 586 g/mol. The molecular weight excluding hydrogens is 550 g/mol. The van der Waals surface area contributed by atoms with Gasteiger partial charge in [-0.25, -0.2) is 4.79 Å². The lowest BCUT2D eigenvalue weighted by Crippen LogP contribution is -2.63. The van der Waals surface area contributed by atoms with E-state index in [4.69, 9.17) is 11.1 Å². The third-order valence-electron chi connectivity index (χ3n) is 8.25. The number of fused-ring (bicyclic) bond motifs is 1. The lowest BCUT2D eigenvalue weighted by atomic mass is 9.79. The van der Waals surface area contributed by atoms with E-state index in [2.05, 4.69) is 16.0 Å². The Morgan fingerprint density at radius 3 is 2.59 bits per heavy atom. The van der Waals surface area contributed by atoms with Crippen LogP contribution in [0.25, 0.3) is 0 Å². The van der Waals surface area contributed by atoms with Crippen molar-refractivity contribution in [2.45, 2.75) is 56.2 Å². The second kappa shape index (κ2) is 11.3. The molecule has 4 aliphatic rings. The molecule has 3 amide bonds. The molecule has 220 valence electrons. The van der Waals surface area contributed by atoms with E-state index < -0.39 is 24.0 Å². The van der Waals surface area contributed by atoms with Crippen molar-refractivity contribution in [1.29, 1.82) is 5.41 Å². The Hall–Kier alpha value is -3.62. The van der Waals surface area contributed by atoms with Crippen molar-refractivity contribution in [3.05, 3.63) is 40.4 Å². The van der Waals surface area contributed by atoms with E-state index in [1.807, 2.05) is 6.92 Å². The molecule has 4 aliphatic heterocycles. The van der Waals surface area contributed by atoms with E-state index in [-0.39, 0.29) is 52.6 Å². The number of carbonyl (C=O) groups excluding carboxylic acids is 3. The van der Waals surface area contributed by atoms with Crippen LogP contribution < -0.4 is 21.7 Å². The minimum Gasteiger partial charge on any atom is -0.477 e. The fraction of sp³-hybridized carbons (Fsp3) is 0.519. The number of aliphatic hydroxyl groups excluding tert-OH is 1. The first-order chi connectivity index (χ1) is 19.5. The van der Waals surface area contributed by atoms with Gasteiger partial charge in [-0.3, -0.25) is 19.8 Å². The number of carboxylic acid groups (broad SMARTS) is 1. The van der Waals surface area contributed by atoms with Crippen molar-refractivity contribution in [2.24, 2.45) is 17.6 Å². The molecule has 0 spiro atoms. The Balaban J connectivity index is 1.14. The van der Waals surface area contributed by atoms with Gasteiger partial charge in [0.05, 0.1) is 24.1 Å². The Morgan fingerprint density at radius 2 is 1.95 bits per heavy atom. The molecule has 0 unspecified atom stereocenters. The van der Waals surface area contributed by atoms with E-state index in [9.17, 15) is 29.4 Å². The Morgan fingerprint density at radius 1 is 1.24 bits per heavy atom. The smallest absolute Gasteiger partial charge is 0.353 e. The van der Waals surface area contributed by atoms with Crippen LogP contribution in [0, 0.1) is 17.2 Å². The first-order valence-electron chi connectivity index (χ1n) is 13.7. The molecule has 5 rings (SSSR count). The SMILES string of the molecule is C[C@@H](O)[C@H]1C(=O)N2C(C(=O)O)=C(S[C@@H]3CN[C@H](C(=O)N4CC[C@H](NC(=O)c5ccc(NC(=N)N)cc5)C4)C3)[C@H](C)[C@H]12. The molecule has 8 N–H and O–H groups in total. The molecule has 4 heterocycles. The van der Waals surface area contributed by atoms with Crippen LogP contribution in [0.3, 0.4) is 0 Å². The maximum absolute atomic E-state index is 13.3. The van der Waals surface area contributed by atoms with E-state index in [1.165, 1.54) is 16.7 Å². The summed E-state index contributed by atoms with van der Waals surface area (Å²) >= 11 is 1.41. The number of guanidine groups is 1. The fourth-order valence-electron chi connectivity index (χ4n) is 6.27. The third-order valence-corrected chi connectivity index (χ3v) is 9.77. The number of hydrogen-bond acceptors (Lipinski definition) is 8. The molecule has 0 saturated carbocycles. The number of aliphatic hydroxyl groups is 1. The fourth-order valence-corrected chi connectivity index (χ4v) is 7.75. The number of carbonyl (C=O) groups is 4. The number of hydrogen-bond donors (Lipinski definition) is 7. The van der Waals surface area contributed by atoms with E-state index in [1.54, 1.807) is 36.1 Å². The zero-order valence-electron chi connectivity index (χ0n) is 22.8. The summed E-state index contributed by atoms with van der Waals surface area (Å²) in [5.74, 6) is -2.84. The molecule has 0 bridgehead atoms. The van der Waals surface area contributed by atoms with Crippen LogP contribution in [0.5, 0.6) is 0 Å². The summed E-state index contributed by atoms with van der Waals surface area (Å²) in [6.45, 7) is 4.88. The van der Waals surface area contributed by atoms with Crippen LogP contribution in [0.4, 0.5) is 5.69 Å². The summed E-state index contributed by atoms with van der Waals surface area (Å²) < 4.78 is 0. The molecular formula is C27H35N7O6S. The minimum atomic E-state index is -1.16. The summed E-state index contributed by atoms with van der Waals surface area (Å²) in [5, 5.41) is 36.1. The van der Waals surface area contributed by atoms with Crippen molar-refractivity contribution in [2.75, 3.05) is 25.0 Å². The molecule has 0 aliphatic carbocycles. The number of nitrogens with one attached hydrogen (secondary N) is 4. The summed E-state index contributed by atoms with van der Waals surface area (Å²) in [4.78, 5) is 54.4. The van der Waals surface area contributed by atoms with Crippen LogP contribution in [-0.4, -0.2) is 98.8 Å². The molecule has 1 aromatic carbocycles. The molecule has 7 atom stereocenters. The predicted octanol–water partition coefficient (Wildman–Crippen LogP) is -0.0599. The standard InChI is InChI=1S/C27H35N7O6S/c1-12-20-19(13(2)35)25(38)34(20)21(26(39)40)22(12)41-17-9-18(30-10-17)24(37)33-8-7-16(11-33)31-23(36)14-3-5-15(6-4-14)32-27(28)29/h3-6,12-13,16-20,30,35H,7-11H2,1-2H3,(H,31,36)(H,39,40)(H4,28,29,32)/t12-,13-,16+,17+,18+,19-,20-/m1/s1. The first-order valence-corrected chi connectivity index (χ1v) is 14.5. The van der Waals surface area contributed by atoms with Gasteiger partial charge < -0.3 is 41.7 Å². The molecule has 14 heteroatoms. The van der Waals surface area contributed by atoms with Gasteiger partial charge in [0.1, 0.15) is 5.70 Å². The largest absolute Gasteiger partial charge is 0.477 e. The lowest BCUT2D eigenvalue weighted by Gasteiger charge is -2.46. The number of likely N-dealkylation sites (tertiary alicyclic amines) is 1. The van der Waals surface area contributed by atoms with Crippen LogP contribution >= 0.6 is 11.8 Å². The predicted molar refractivity (Wildman–Crippen MR) is 152 cm³/mol. The Kier molecular flexibility index (Phi) is 7.99. The van der Waals surface area contributed by atoms with Gasteiger partial charge >= 0.3 is 5.97 Å².